The molecule has 0 N–H and O–H groups in total. The molecule has 0 aliphatic carbocycles. The van der Waals surface area contributed by atoms with Crippen molar-refractivity contribution in [1.29, 1.82) is 0 Å². The molecule has 4 aromatic heterocycles. The number of pyridine rings is 3. The molecule has 0 spiro atoms. The topological polar surface area (TPSA) is 64.5 Å². The monoisotopic (exact) mass is 577 g/mol. The van der Waals surface area contributed by atoms with Gasteiger partial charge in [-0.15, -0.1) is 0 Å². The molecule has 0 unspecified atom stereocenters. The minimum Gasteiger partial charge on any atom is -0.255 e. The van der Waals surface area contributed by atoms with Crippen molar-refractivity contribution in [3.8, 4) is 56.4 Å². The Balaban J connectivity index is 1.26. The van der Waals surface area contributed by atoms with Crippen LogP contribution in [0.1, 0.15) is 5.69 Å². The Morgan fingerprint density at radius 2 is 1.13 bits per heavy atom. The Morgan fingerprint density at radius 1 is 0.422 bits per heavy atom. The SMILES string of the molecule is Cc1cc(-c2ccccc2)c2ccc3ccc(-c4cccc(-c5nc(-c6ccccc6)cc(-c6ccccn6)n5)c4)nc3c2n1. The molecule has 0 radical (unpaired) electrons. The average molecular weight is 578 g/mol. The molecular weight excluding hydrogens is 550 g/mol. The molecule has 5 nitrogen and oxygen atoms in total. The van der Waals surface area contributed by atoms with Crippen molar-refractivity contribution in [3.63, 3.8) is 0 Å². The maximum Gasteiger partial charge on any atom is 0.160 e. The molecule has 0 atom stereocenters. The fourth-order valence-corrected chi connectivity index (χ4v) is 5.81. The highest BCUT2D eigenvalue weighted by molar-refractivity contribution is 6.08. The van der Waals surface area contributed by atoms with Gasteiger partial charge in [0.05, 0.1) is 33.8 Å². The van der Waals surface area contributed by atoms with E-state index in [2.05, 4.69) is 83.8 Å². The van der Waals surface area contributed by atoms with E-state index in [9.17, 15) is 0 Å². The first kappa shape index (κ1) is 26.5. The molecule has 0 aliphatic heterocycles. The zero-order valence-corrected chi connectivity index (χ0v) is 24.6. The summed E-state index contributed by atoms with van der Waals surface area (Å²) < 4.78 is 0. The summed E-state index contributed by atoms with van der Waals surface area (Å²) in [4.78, 5) is 24.7. The summed E-state index contributed by atoms with van der Waals surface area (Å²) >= 11 is 0. The summed E-state index contributed by atoms with van der Waals surface area (Å²) in [6.07, 6.45) is 1.79. The van der Waals surface area contributed by atoms with Crippen LogP contribution in [-0.2, 0) is 0 Å². The Kier molecular flexibility index (Phi) is 6.61. The maximum absolute atomic E-state index is 5.20. The van der Waals surface area contributed by atoms with Gasteiger partial charge in [0.15, 0.2) is 5.82 Å². The third-order valence-electron chi connectivity index (χ3n) is 7.99. The molecule has 4 aromatic carbocycles. The highest BCUT2D eigenvalue weighted by atomic mass is 14.9. The van der Waals surface area contributed by atoms with E-state index in [-0.39, 0.29) is 0 Å². The number of fused-ring (bicyclic) bond motifs is 3. The lowest BCUT2D eigenvalue weighted by atomic mass is 9.98. The highest BCUT2D eigenvalue weighted by Gasteiger charge is 2.14. The molecule has 0 amide bonds. The molecular formula is C40H27N5. The smallest absolute Gasteiger partial charge is 0.160 e. The van der Waals surface area contributed by atoms with Gasteiger partial charge in [0, 0.05) is 39.4 Å². The molecule has 0 fully saturated rings. The molecule has 0 saturated carbocycles. The fraction of sp³-hybridized carbons (Fsp3) is 0.0250. The van der Waals surface area contributed by atoms with Crippen molar-refractivity contribution < 1.29 is 0 Å². The number of aromatic nitrogens is 5. The van der Waals surface area contributed by atoms with Gasteiger partial charge in [-0.05, 0) is 54.4 Å². The first-order chi connectivity index (χ1) is 22.2. The molecule has 0 saturated heterocycles. The molecule has 8 rings (SSSR count). The van der Waals surface area contributed by atoms with E-state index >= 15 is 0 Å². The van der Waals surface area contributed by atoms with E-state index < -0.39 is 0 Å². The van der Waals surface area contributed by atoms with Crippen molar-refractivity contribution in [2.45, 2.75) is 6.92 Å². The predicted molar refractivity (Wildman–Crippen MR) is 182 cm³/mol. The van der Waals surface area contributed by atoms with Crippen molar-refractivity contribution in [2.75, 3.05) is 0 Å². The van der Waals surface area contributed by atoms with E-state index in [0.29, 0.717) is 5.82 Å². The minimum absolute atomic E-state index is 0.634. The Hall–Kier alpha value is -6.07. The summed E-state index contributed by atoms with van der Waals surface area (Å²) in [5.41, 5.74) is 11.3. The lowest BCUT2D eigenvalue weighted by Crippen LogP contribution is -1.97. The summed E-state index contributed by atoms with van der Waals surface area (Å²) in [7, 11) is 0. The highest BCUT2D eigenvalue weighted by Crippen LogP contribution is 2.34. The Morgan fingerprint density at radius 3 is 1.93 bits per heavy atom. The van der Waals surface area contributed by atoms with Crippen LogP contribution < -0.4 is 0 Å². The molecule has 8 aromatic rings. The van der Waals surface area contributed by atoms with Gasteiger partial charge in [0.25, 0.3) is 0 Å². The van der Waals surface area contributed by atoms with Gasteiger partial charge in [-0.2, -0.15) is 0 Å². The maximum atomic E-state index is 5.20. The van der Waals surface area contributed by atoms with Crippen molar-refractivity contribution >= 4 is 21.8 Å². The first-order valence-electron chi connectivity index (χ1n) is 14.9. The third kappa shape index (κ3) is 5.11. The van der Waals surface area contributed by atoms with Crippen LogP contribution in [0.3, 0.4) is 0 Å². The predicted octanol–water partition coefficient (Wildman–Crippen LogP) is 9.61. The number of nitrogens with zero attached hydrogens (tertiary/aromatic N) is 5. The van der Waals surface area contributed by atoms with Gasteiger partial charge in [0.2, 0.25) is 0 Å². The molecule has 4 heterocycles. The average Bonchev–Trinajstić information content (AvgIpc) is 3.12. The summed E-state index contributed by atoms with van der Waals surface area (Å²) in [6.45, 7) is 2.04. The molecule has 0 aliphatic rings. The molecule has 212 valence electrons. The standard InChI is InChI=1S/C40H27N5/c1-26-23-33(27-11-4-2-5-12-27)32-20-18-29-19-21-34(43-38(29)39(32)42-26)30-15-10-16-31(24-30)40-44-36(28-13-6-3-7-14-28)25-37(45-40)35-17-8-9-22-41-35/h2-25H,1H3. The van der Waals surface area contributed by atoms with Gasteiger partial charge < -0.3 is 0 Å². The second kappa shape index (κ2) is 11.2. The number of aryl methyl sites for hydroxylation is 1. The van der Waals surface area contributed by atoms with E-state index in [4.69, 9.17) is 19.9 Å². The van der Waals surface area contributed by atoms with Crippen LogP contribution in [0.5, 0.6) is 0 Å². The lowest BCUT2D eigenvalue weighted by Gasteiger charge is -2.12. The Bertz CT molecular complexity index is 2260. The van der Waals surface area contributed by atoms with Crippen LogP contribution in [0.2, 0.25) is 0 Å². The van der Waals surface area contributed by atoms with Gasteiger partial charge in [-0.3, -0.25) is 9.97 Å². The Labute approximate surface area is 261 Å². The van der Waals surface area contributed by atoms with Crippen LogP contribution in [0.4, 0.5) is 0 Å². The van der Waals surface area contributed by atoms with E-state index in [0.717, 1.165) is 72.5 Å². The van der Waals surface area contributed by atoms with Gasteiger partial charge in [-0.25, -0.2) is 15.0 Å². The summed E-state index contributed by atoms with van der Waals surface area (Å²) in [5.74, 6) is 0.634. The first-order valence-corrected chi connectivity index (χ1v) is 14.9. The zero-order valence-electron chi connectivity index (χ0n) is 24.6. The van der Waals surface area contributed by atoms with Crippen LogP contribution >= 0.6 is 0 Å². The van der Waals surface area contributed by atoms with E-state index in [1.165, 1.54) is 5.56 Å². The van der Waals surface area contributed by atoms with Crippen molar-refractivity contribution in [2.24, 2.45) is 0 Å². The third-order valence-corrected chi connectivity index (χ3v) is 7.99. The largest absolute Gasteiger partial charge is 0.255 e. The zero-order chi connectivity index (χ0) is 30.2. The van der Waals surface area contributed by atoms with E-state index in [1.807, 2.05) is 67.6 Å². The molecule has 5 heteroatoms. The van der Waals surface area contributed by atoms with Gasteiger partial charge in [0.1, 0.15) is 0 Å². The summed E-state index contributed by atoms with van der Waals surface area (Å²) in [5, 5.41) is 2.14. The van der Waals surface area contributed by atoms with Crippen LogP contribution in [0.25, 0.3) is 78.2 Å². The van der Waals surface area contributed by atoms with Crippen molar-refractivity contribution in [1.82, 2.24) is 24.9 Å². The number of hydrogen-bond donors (Lipinski definition) is 0. The fourth-order valence-electron chi connectivity index (χ4n) is 5.81. The minimum atomic E-state index is 0.634. The van der Waals surface area contributed by atoms with E-state index in [1.54, 1.807) is 6.20 Å². The number of hydrogen-bond acceptors (Lipinski definition) is 5. The second-order valence-electron chi connectivity index (χ2n) is 11.0. The van der Waals surface area contributed by atoms with Crippen LogP contribution in [0.15, 0.2) is 146 Å². The van der Waals surface area contributed by atoms with Crippen LogP contribution in [-0.4, -0.2) is 24.9 Å². The van der Waals surface area contributed by atoms with Crippen molar-refractivity contribution in [3.05, 3.63) is 151 Å². The normalized spacial score (nSPS) is 11.2. The molecule has 0 bridgehead atoms. The van der Waals surface area contributed by atoms with Gasteiger partial charge >= 0.3 is 0 Å². The lowest BCUT2D eigenvalue weighted by molar-refractivity contribution is 1.16. The van der Waals surface area contributed by atoms with Crippen LogP contribution in [0, 0.1) is 6.92 Å². The van der Waals surface area contributed by atoms with Gasteiger partial charge in [-0.1, -0.05) is 103 Å². The summed E-state index contributed by atoms with van der Waals surface area (Å²) in [6, 6.07) is 47.4. The number of rotatable bonds is 5. The second-order valence-corrected chi connectivity index (χ2v) is 11.0. The quantitative estimate of drug-likeness (QED) is 0.191. The number of benzene rings is 4. The molecule has 45 heavy (non-hydrogen) atoms.